The molecule has 1 saturated heterocycles. The summed E-state index contributed by atoms with van der Waals surface area (Å²) < 4.78 is 6.27. The maximum Gasteiger partial charge on any atom is 0.331 e. The SMILES string of the molecule is C=C1C(O)C(/C=C/C[C@H](C)CCCC=O)[C@]2(OC(=O)/C=C/C)CN[C@@H](Cc3ccccc3)C2[C@@H]1C. The number of nitrogens with one attached hydrogen (secondary N) is 1. The van der Waals surface area contributed by atoms with Crippen LogP contribution in [-0.2, 0) is 20.7 Å². The first kappa shape index (κ1) is 27.1. The lowest BCUT2D eigenvalue weighted by Crippen LogP contribution is -2.59. The summed E-state index contributed by atoms with van der Waals surface area (Å²) in [6.07, 6.45) is 11.6. The number of esters is 1. The van der Waals surface area contributed by atoms with E-state index in [1.807, 2.05) is 24.3 Å². The third-order valence-electron chi connectivity index (χ3n) is 7.84. The molecule has 35 heavy (non-hydrogen) atoms. The highest BCUT2D eigenvalue weighted by Crippen LogP contribution is 2.51. The number of allylic oxidation sites excluding steroid dienone is 2. The molecule has 0 radical (unpaired) electrons. The lowest BCUT2D eigenvalue weighted by Gasteiger charge is -2.50. The van der Waals surface area contributed by atoms with Crippen LogP contribution >= 0.6 is 0 Å². The predicted molar refractivity (Wildman–Crippen MR) is 140 cm³/mol. The van der Waals surface area contributed by atoms with Crippen LogP contribution in [0.15, 0.2) is 66.8 Å². The number of rotatable bonds is 11. The zero-order chi connectivity index (χ0) is 25.4. The molecule has 2 aliphatic rings. The lowest BCUT2D eigenvalue weighted by atomic mass is 9.60. The van der Waals surface area contributed by atoms with Gasteiger partial charge in [0.15, 0.2) is 0 Å². The molecule has 1 aliphatic carbocycles. The van der Waals surface area contributed by atoms with Gasteiger partial charge in [-0.3, -0.25) is 0 Å². The van der Waals surface area contributed by atoms with Crippen molar-refractivity contribution in [2.75, 3.05) is 6.54 Å². The van der Waals surface area contributed by atoms with E-state index in [-0.39, 0.29) is 29.8 Å². The van der Waals surface area contributed by atoms with Crippen LogP contribution in [0.4, 0.5) is 0 Å². The molecule has 1 aliphatic heterocycles. The van der Waals surface area contributed by atoms with Crippen LogP contribution in [0.5, 0.6) is 0 Å². The Morgan fingerprint density at radius 3 is 2.77 bits per heavy atom. The van der Waals surface area contributed by atoms with Gasteiger partial charge in [0.2, 0.25) is 0 Å². The van der Waals surface area contributed by atoms with Crippen molar-refractivity contribution in [1.29, 1.82) is 0 Å². The van der Waals surface area contributed by atoms with Gasteiger partial charge in [0.1, 0.15) is 11.9 Å². The molecule has 0 spiro atoms. The van der Waals surface area contributed by atoms with Crippen LogP contribution in [0.25, 0.3) is 0 Å². The maximum atomic E-state index is 12.8. The Kier molecular flexibility index (Phi) is 9.64. The Bertz CT molecular complexity index is 924. The normalized spacial score (nSPS) is 31.5. The van der Waals surface area contributed by atoms with Gasteiger partial charge in [-0.25, -0.2) is 4.79 Å². The molecule has 0 aromatic heterocycles. The second-order valence-electron chi connectivity index (χ2n) is 10.3. The molecule has 0 bridgehead atoms. The average Bonchev–Trinajstić information content (AvgIpc) is 3.19. The smallest absolute Gasteiger partial charge is 0.331 e. The standard InChI is InChI=1S/C30H41NO4/c1-5-12-27(33)35-30-20-31-26(19-24-15-7-6-8-16-24)28(30)22(3)23(4)29(34)25(30)17-11-14-21(2)13-9-10-18-32/h5-8,11-12,15-18,21-22,25-26,28-29,31,34H,4,9-10,13-14,19-20H2,1-3H3/b12-5+,17-11+/t21-,22-,25?,26+,28?,29?,30-/m1/s1. The van der Waals surface area contributed by atoms with Gasteiger partial charge in [-0.05, 0) is 49.2 Å². The monoisotopic (exact) mass is 479 g/mol. The molecule has 3 rings (SSSR count). The molecule has 190 valence electrons. The number of carbonyl (C=O) groups is 2. The number of aliphatic hydroxyl groups excluding tert-OH is 1. The highest BCUT2D eigenvalue weighted by Gasteiger charge is 2.62. The van der Waals surface area contributed by atoms with Gasteiger partial charge in [-0.1, -0.05) is 75.4 Å². The largest absolute Gasteiger partial charge is 0.453 e. The van der Waals surface area contributed by atoms with Crippen LogP contribution in [-0.4, -0.2) is 41.7 Å². The molecule has 7 atom stereocenters. The highest BCUT2D eigenvalue weighted by atomic mass is 16.6. The molecular formula is C30H41NO4. The van der Waals surface area contributed by atoms with Crippen molar-refractivity contribution >= 4 is 12.3 Å². The minimum atomic E-state index is -0.868. The second-order valence-corrected chi connectivity index (χ2v) is 10.3. The molecule has 1 heterocycles. The molecular weight excluding hydrogens is 438 g/mol. The van der Waals surface area contributed by atoms with Gasteiger partial charge in [0, 0.05) is 36.9 Å². The first-order valence-corrected chi connectivity index (χ1v) is 12.9. The van der Waals surface area contributed by atoms with Crippen LogP contribution < -0.4 is 5.32 Å². The van der Waals surface area contributed by atoms with Gasteiger partial charge in [0.05, 0.1) is 6.10 Å². The number of aliphatic hydroxyl groups is 1. The topological polar surface area (TPSA) is 75.6 Å². The second kappa shape index (κ2) is 12.5. The zero-order valence-corrected chi connectivity index (χ0v) is 21.4. The average molecular weight is 480 g/mol. The summed E-state index contributed by atoms with van der Waals surface area (Å²) in [5.74, 6) is -0.376. The van der Waals surface area contributed by atoms with Crippen molar-refractivity contribution in [2.24, 2.45) is 23.7 Å². The van der Waals surface area contributed by atoms with E-state index in [4.69, 9.17) is 4.74 Å². The van der Waals surface area contributed by atoms with Gasteiger partial charge < -0.3 is 20.0 Å². The molecule has 1 aromatic carbocycles. The van der Waals surface area contributed by atoms with Crippen LogP contribution in [0.3, 0.4) is 0 Å². The van der Waals surface area contributed by atoms with Crippen LogP contribution in [0.1, 0.15) is 52.0 Å². The zero-order valence-electron chi connectivity index (χ0n) is 21.4. The van der Waals surface area contributed by atoms with Crippen molar-refractivity contribution in [3.05, 3.63) is 72.4 Å². The molecule has 3 unspecified atom stereocenters. The molecule has 2 N–H and O–H groups in total. The van der Waals surface area contributed by atoms with Gasteiger partial charge in [0.25, 0.3) is 0 Å². The van der Waals surface area contributed by atoms with E-state index in [1.54, 1.807) is 13.0 Å². The fourth-order valence-corrected chi connectivity index (χ4v) is 5.98. The number of carbonyl (C=O) groups excluding carboxylic acids is 2. The Hall–Kier alpha value is -2.50. The van der Waals surface area contributed by atoms with E-state index < -0.39 is 11.7 Å². The lowest BCUT2D eigenvalue weighted by molar-refractivity contribution is -0.173. The summed E-state index contributed by atoms with van der Waals surface area (Å²) in [5.41, 5.74) is 1.15. The highest BCUT2D eigenvalue weighted by molar-refractivity contribution is 5.82. The predicted octanol–water partition coefficient (Wildman–Crippen LogP) is 4.81. The van der Waals surface area contributed by atoms with Crippen LogP contribution in [0.2, 0.25) is 0 Å². The molecule has 5 nitrogen and oxygen atoms in total. The number of benzene rings is 1. The van der Waals surface area contributed by atoms with E-state index in [1.165, 1.54) is 11.6 Å². The van der Waals surface area contributed by atoms with E-state index in [0.29, 0.717) is 18.9 Å². The fourth-order valence-electron chi connectivity index (χ4n) is 5.98. The number of unbranched alkanes of at least 4 members (excludes halogenated alkanes) is 1. The Morgan fingerprint density at radius 2 is 2.09 bits per heavy atom. The quantitative estimate of drug-likeness (QED) is 0.157. The van der Waals surface area contributed by atoms with Gasteiger partial charge >= 0.3 is 5.97 Å². The first-order valence-electron chi connectivity index (χ1n) is 12.9. The van der Waals surface area contributed by atoms with Crippen molar-refractivity contribution in [3.8, 4) is 0 Å². The van der Waals surface area contributed by atoms with E-state index in [2.05, 4.69) is 44.0 Å². The van der Waals surface area contributed by atoms with E-state index >= 15 is 0 Å². The summed E-state index contributed by atoms with van der Waals surface area (Å²) in [4.78, 5) is 23.4. The number of ether oxygens (including phenoxy) is 1. The number of hydrogen-bond donors (Lipinski definition) is 2. The number of fused-ring (bicyclic) bond motifs is 1. The van der Waals surface area contributed by atoms with Crippen molar-refractivity contribution in [2.45, 2.75) is 70.6 Å². The summed E-state index contributed by atoms with van der Waals surface area (Å²) in [7, 11) is 0. The molecule has 1 saturated carbocycles. The first-order chi connectivity index (χ1) is 16.8. The Labute approximate surface area is 210 Å². The van der Waals surface area contributed by atoms with Crippen molar-refractivity contribution in [1.82, 2.24) is 5.32 Å². The van der Waals surface area contributed by atoms with Crippen molar-refractivity contribution < 1.29 is 19.4 Å². The molecule has 1 aromatic rings. The fraction of sp³-hybridized carbons (Fsp3) is 0.533. The Morgan fingerprint density at radius 1 is 1.34 bits per heavy atom. The number of aldehydes is 1. The van der Waals surface area contributed by atoms with Crippen molar-refractivity contribution in [3.63, 3.8) is 0 Å². The summed E-state index contributed by atoms with van der Waals surface area (Å²) >= 11 is 0. The number of hydrogen-bond acceptors (Lipinski definition) is 5. The van der Waals surface area contributed by atoms with Gasteiger partial charge in [-0.15, -0.1) is 0 Å². The Balaban J connectivity index is 1.91. The van der Waals surface area contributed by atoms with E-state index in [9.17, 15) is 14.7 Å². The minimum Gasteiger partial charge on any atom is -0.453 e. The third kappa shape index (κ3) is 6.20. The summed E-state index contributed by atoms with van der Waals surface area (Å²) in [6, 6.07) is 10.4. The summed E-state index contributed by atoms with van der Waals surface area (Å²) in [6.45, 7) is 10.8. The third-order valence-corrected chi connectivity index (χ3v) is 7.84. The minimum absolute atomic E-state index is 0.0148. The van der Waals surface area contributed by atoms with Gasteiger partial charge in [-0.2, -0.15) is 0 Å². The van der Waals surface area contributed by atoms with E-state index in [0.717, 1.165) is 37.5 Å². The van der Waals surface area contributed by atoms with Crippen LogP contribution in [0, 0.1) is 23.7 Å². The molecule has 2 fully saturated rings. The molecule has 5 heteroatoms. The summed E-state index contributed by atoms with van der Waals surface area (Å²) in [5, 5.41) is 15.0. The maximum absolute atomic E-state index is 12.8. The molecule has 0 amide bonds.